The molecule has 0 aliphatic rings. The van der Waals surface area contributed by atoms with Crippen molar-refractivity contribution >= 4 is 12.1 Å². The maximum absolute atomic E-state index is 12.6. The predicted molar refractivity (Wildman–Crippen MR) is 60.4 cm³/mol. The Morgan fingerprint density at radius 2 is 1.94 bits per heavy atom. The Hall–Kier alpha value is -1.33. The fourth-order valence-corrected chi connectivity index (χ4v) is 1.04. The van der Waals surface area contributed by atoms with Crippen molar-refractivity contribution in [2.24, 2.45) is 0 Å². The summed E-state index contributed by atoms with van der Waals surface area (Å²) in [5, 5.41) is 2.28. The molecule has 1 amide bonds. The van der Waals surface area contributed by atoms with E-state index in [0.29, 0.717) is 0 Å². The summed E-state index contributed by atoms with van der Waals surface area (Å²) in [5.41, 5.74) is -0.658. The van der Waals surface area contributed by atoms with E-state index in [1.54, 1.807) is 27.7 Å². The van der Waals surface area contributed by atoms with Crippen LogP contribution in [0.5, 0.6) is 0 Å². The van der Waals surface area contributed by atoms with Gasteiger partial charge in [0.1, 0.15) is 12.3 Å². The van der Waals surface area contributed by atoms with E-state index in [1.165, 1.54) is 0 Å². The molecule has 0 saturated heterocycles. The van der Waals surface area contributed by atoms with Crippen LogP contribution in [0.1, 0.15) is 34.1 Å². The van der Waals surface area contributed by atoms with Crippen molar-refractivity contribution in [3.8, 4) is 0 Å². The van der Waals surface area contributed by atoms with E-state index in [9.17, 15) is 14.0 Å². The molecule has 0 saturated carbocycles. The van der Waals surface area contributed by atoms with Crippen molar-refractivity contribution in [3.63, 3.8) is 0 Å². The van der Waals surface area contributed by atoms with E-state index in [4.69, 9.17) is 4.74 Å². The molecule has 100 valence electrons. The minimum absolute atomic E-state index is 0.205. The fraction of sp³-hybridized carbons (Fsp3) is 0.818. The highest BCUT2D eigenvalue weighted by molar-refractivity contribution is 5.72. The van der Waals surface area contributed by atoms with Crippen LogP contribution in [0.25, 0.3) is 0 Å². The van der Waals surface area contributed by atoms with E-state index in [2.05, 4.69) is 10.1 Å². The van der Waals surface area contributed by atoms with Gasteiger partial charge in [-0.05, 0) is 27.7 Å². The highest BCUT2D eigenvalue weighted by Crippen LogP contribution is 2.07. The maximum Gasteiger partial charge on any atom is 0.407 e. The van der Waals surface area contributed by atoms with Gasteiger partial charge in [-0.2, -0.15) is 0 Å². The zero-order valence-electron chi connectivity index (χ0n) is 10.7. The summed E-state index contributed by atoms with van der Waals surface area (Å²) in [6.45, 7) is 6.12. The van der Waals surface area contributed by atoms with Crippen molar-refractivity contribution in [2.75, 3.05) is 13.3 Å². The number of ether oxygens (including phenoxy) is 2. The lowest BCUT2D eigenvalue weighted by Crippen LogP contribution is -2.41. The number of esters is 1. The first-order valence-corrected chi connectivity index (χ1v) is 5.49. The third-order valence-electron chi connectivity index (χ3n) is 1.63. The van der Waals surface area contributed by atoms with Crippen LogP contribution in [-0.2, 0) is 14.3 Å². The van der Waals surface area contributed by atoms with Gasteiger partial charge in [-0.15, -0.1) is 0 Å². The van der Waals surface area contributed by atoms with E-state index in [-0.39, 0.29) is 13.0 Å². The molecule has 0 aromatic carbocycles. The summed E-state index contributed by atoms with van der Waals surface area (Å²) in [5.74, 6) is -0.550. The van der Waals surface area contributed by atoms with Gasteiger partial charge in [0.15, 0.2) is 0 Å². The van der Waals surface area contributed by atoms with Crippen LogP contribution >= 0.6 is 0 Å². The lowest BCUT2D eigenvalue weighted by molar-refractivity contribution is -0.143. The molecule has 0 radical (unpaired) electrons. The highest BCUT2D eigenvalue weighted by atomic mass is 19.1. The predicted octanol–water partition coefficient (Wildman–Crippen LogP) is 1.80. The molecule has 5 nitrogen and oxygen atoms in total. The summed E-state index contributed by atoms with van der Waals surface area (Å²) in [7, 11) is 0. The fourth-order valence-electron chi connectivity index (χ4n) is 1.04. The lowest BCUT2D eigenvalue weighted by atomic mass is 10.2. The second-order valence-electron chi connectivity index (χ2n) is 4.51. The van der Waals surface area contributed by atoms with Gasteiger partial charge in [0.2, 0.25) is 0 Å². The summed E-state index contributed by atoms with van der Waals surface area (Å²) in [6.07, 6.45) is -0.951. The van der Waals surface area contributed by atoms with Gasteiger partial charge in [0, 0.05) is 0 Å². The molecule has 0 spiro atoms. The summed E-state index contributed by atoms with van der Waals surface area (Å²) in [4.78, 5) is 22.4. The Balaban J connectivity index is 4.13. The molecule has 17 heavy (non-hydrogen) atoms. The number of carbonyl (C=O) groups excluding carboxylic acids is 2. The smallest absolute Gasteiger partial charge is 0.407 e. The molecule has 0 aromatic heterocycles. The second-order valence-corrected chi connectivity index (χ2v) is 4.51. The number of amides is 1. The molecule has 1 N–H and O–H groups in total. The Morgan fingerprint density at radius 3 is 2.35 bits per heavy atom. The van der Waals surface area contributed by atoms with E-state index >= 15 is 0 Å². The number of halogens is 1. The van der Waals surface area contributed by atoms with E-state index < -0.39 is 30.4 Å². The Labute approximate surface area is 101 Å². The van der Waals surface area contributed by atoms with Gasteiger partial charge < -0.3 is 14.8 Å². The van der Waals surface area contributed by atoms with Gasteiger partial charge in [0.25, 0.3) is 0 Å². The van der Waals surface area contributed by atoms with Crippen molar-refractivity contribution in [3.05, 3.63) is 0 Å². The quantitative estimate of drug-likeness (QED) is 0.755. The van der Waals surface area contributed by atoms with Crippen LogP contribution < -0.4 is 5.32 Å². The van der Waals surface area contributed by atoms with Crippen LogP contribution in [0.15, 0.2) is 0 Å². The number of rotatable bonds is 5. The monoisotopic (exact) mass is 249 g/mol. The van der Waals surface area contributed by atoms with E-state index in [0.717, 1.165) is 0 Å². The number of alkyl halides is 1. The first-order valence-electron chi connectivity index (χ1n) is 5.49. The molecule has 6 heteroatoms. The molecule has 0 heterocycles. The topological polar surface area (TPSA) is 64.6 Å². The third kappa shape index (κ3) is 8.47. The van der Waals surface area contributed by atoms with Crippen LogP contribution in [-0.4, -0.2) is 37.0 Å². The zero-order chi connectivity index (χ0) is 13.5. The van der Waals surface area contributed by atoms with Crippen molar-refractivity contribution in [2.45, 2.75) is 45.8 Å². The summed E-state index contributed by atoms with van der Waals surface area (Å²) in [6, 6.07) is -0.913. The molecule has 1 unspecified atom stereocenters. The lowest BCUT2D eigenvalue weighted by Gasteiger charge is -2.22. The SMILES string of the molecule is CCOC(=O)CC(CF)NC(=O)OC(C)(C)C. The minimum atomic E-state index is -0.913. The third-order valence-corrected chi connectivity index (χ3v) is 1.63. The molecule has 0 rings (SSSR count). The maximum atomic E-state index is 12.6. The summed E-state index contributed by atoms with van der Waals surface area (Å²) < 4.78 is 22.2. The normalized spacial score (nSPS) is 12.8. The van der Waals surface area contributed by atoms with Crippen LogP contribution in [0.3, 0.4) is 0 Å². The average molecular weight is 249 g/mol. The van der Waals surface area contributed by atoms with Gasteiger partial charge in [-0.25, -0.2) is 9.18 Å². The van der Waals surface area contributed by atoms with E-state index in [1.807, 2.05) is 0 Å². The standard InChI is InChI=1S/C11H20FNO4/c1-5-16-9(14)6-8(7-12)13-10(15)17-11(2,3)4/h8H,5-7H2,1-4H3,(H,13,15). The largest absolute Gasteiger partial charge is 0.466 e. The molecule has 0 aliphatic heterocycles. The zero-order valence-corrected chi connectivity index (χ0v) is 10.7. The minimum Gasteiger partial charge on any atom is -0.466 e. The number of alkyl carbamates (subject to hydrolysis) is 1. The molecule has 0 aromatic rings. The molecule has 0 fully saturated rings. The molecule has 1 atom stereocenters. The second kappa shape index (κ2) is 7.09. The Bertz CT molecular complexity index is 263. The van der Waals surface area contributed by atoms with Crippen molar-refractivity contribution in [1.82, 2.24) is 5.32 Å². The van der Waals surface area contributed by atoms with Crippen LogP contribution in [0.2, 0.25) is 0 Å². The van der Waals surface area contributed by atoms with Gasteiger partial charge in [-0.1, -0.05) is 0 Å². The molecular formula is C11H20FNO4. The Morgan fingerprint density at radius 1 is 1.35 bits per heavy atom. The van der Waals surface area contributed by atoms with Gasteiger partial charge >= 0.3 is 12.1 Å². The Kier molecular flexibility index (Phi) is 6.53. The molecular weight excluding hydrogens is 229 g/mol. The average Bonchev–Trinajstić information content (AvgIpc) is 2.13. The molecule has 0 bridgehead atoms. The van der Waals surface area contributed by atoms with Crippen molar-refractivity contribution < 1.29 is 23.5 Å². The first-order chi connectivity index (χ1) is 7.78. The van der Waals surface area contributed by atoms with Crippen LogP contribution in [0, 0.1) is 0 Å². The van der Waals surface area contributed by atoms with Gasteiger partial charge in [0.05, 0.1) is 19.1 Å². The number of hydrogen-bond donors (Lipinski definition) is 1. The van der Waals surface area contributed by atoms with Gasteiger partial charge in [-0.3, -0.25) is 4.79 Å². The first kappa shape index (κ1) is 15.7. The number of carbonyl (C=O) groups is 2. The van der Waals surface area contributed by atoms with Crippen LogP contribution in [0.4, 0.5) is 9.18 Å². The number of hydrogen-bond acceptors (Lipinski definition) is 4. The number of nitrogens with one attached hydrogen (secondary N) is 1. The highest BCUT2D eigenvalue weighted by Gasteiger charge is 2.21. The van der Waals surface area contributed by atoms with Crippen molar-refractivity contribution in [1.29, 1.82) is 0 Å². The molecule has 0 aliphatic carbocycles. The summed E-state index contributed by atoms with van der Waals surface area (Å²) >= 11 is 0.